The predicted octanol–water partition coefficient (Wildman–Crippen LogP) is 5.32. The van der Waals surface area contributed by atoms with Crippen LogP contribution in [0.4, 0.5) is 24.0 Å². The molecule has 180 valence electrons. The average Bonchev–Trinajstić information content (AvgIpc) is 2.78. The van der Waals surface area contributed by atoms with E-state index in [-0.39, 0.29) is 16.3 Å². The Bertz CT molecular complexity index is 1080. The first-order valence-electron chi connectivity index (χ1n) is 11.3. The van der Waals surface area contributed by atoms with Gasteiger partial charge >= 0.3 is 6.18 Å². The Balaban J connectivity index is 1.73. The number of hydrogen-bond donors (Lipinski definition) is 1. The van der Waals surface area contributed by atoms with Crippen LogP contribution in [0, 0.1) is 22.0 Å². The lowest BCUT2D eigenvalue weighted by molar-refractivity contribution is -0.383. The van der Waals surface area contributed by atoms with Crippen LogP contribution in [0.2, 0.25) is 0 Å². The van der Waals surface area contributed by atoms with Crippen LogP contribution in [-0.4, -0.2) is 29.7 Å². The van der Waals surface area contributed by atoms with Crippen molar-refractivity contribution in [1.82, 2.24) is 10.3 Å². The van der Waals surface area contributed by atoms with Gasteiger partial charge in [0.25, 0.3) is 11.2 Å². The van der Waals surface area contributed by atoms with Crippen LogP contribution in [0.25, 0.3) is 10.1 Å². The largest absolute Gasteiger partial charge is 0.416 e. The highest BCUT2D eigenvalue weighted by Crippen LogP contribution is 2.40. The number of nitrogens with zero attached hydrogens (tertiary/aromatic N) is 3. The molecule has 2 atom stereocenters. The number of halogens is 3. The van der Waals surface area contributed by atoms with Crippen LogP contribution < -0.4 is 15.8 Å². The fourth-order valence-corrected chi connectivity index (χ4v) is 6.47. The maximum Gasteiger partial charge on any atom is 0.416 e. The number of rotatable bonds is 5. The molecule has 1 N–H and O–H groups in total. The standard InChI is InChI=1S/C22H27F3N4O3S/c1-26-19-14(10-13-6-3-2-4-7-13)8-5-9-28(19)21-27-20(30)16-11-15(22(23,24)25)12-17(29(31)32)18(16)33-21/h11-14,19,26H,2-10H2,1H3. The van der Waals surface area contributed by atoms with E-state index in [1.54, 1.807) is 0 Å². The summed E-state index contributed by atoms with van der Waals surface area (Å²) < 4.78 is 39.6. The predicted molar refractivity (Wildman–Crippen MR) is 122 cm³/mol. The third-order valence-electron chi connectivity index (χ3n) is 6.87. The van der Waals surface area contributed by atoms with E-state index < -0.39 is 27.9 Å². The molecule has 0 amide bonds. The highest BCUT2D eigenvalue weighted by atomic mass is 32.1. The van der Waals surface area contributed by atoms with E-state index in [2.05, 4.69) is 10.3 Å². The number of hydrogen-bond acceptors (Lipinski definition) is 7. The molecule has 2 aliphatic rings. The van der Waals surface area contributed by atoms with Crippen LogP contribution in [0.15, 0.2) is 16.9 Å². The molecule has 1 aromatic heterocycles. The van der Waals surface area contributed by atoms with Gasteiger partial charge in [0.05, 0.1) is 22.0 Å². The molecular formula is C22H27F3N4O3S. The SMILES string of the molecule is CNC1C(CC2CCCCC2)CCCN1c1nc(=O)c2cc(C(F)(F)F)cc([N+](=O)[O-])c2s1. The van der Waals surface area contributed by atoms with Crippen molar-refractivity contribution in [2.24, 2.45) is 11.8 Å². The molecular weight excluding hydrogens is 457 g/mol. The maximum absolute atomic E-state index is 13.2. The van der Waals surface area contributed by atoms with E-state index in [9.17, 15) is 28.1 Å². The van der Waals surface area contributed by atoms with Crippen LogP contribution in [-0.2, 0) is 6.18 Å². The topological polar surface area (TPSA) is 88.4 Å². The van der Waals surface area contributed by atoms with Gasteiger partial charge in [-0.3, -0.25) is 14.9 Å². The molecule has 2 heterocycles. The van der Waals surface area contributed by atoms with Crippen molar-refractivity contribution in [3.8, 4) is 0 Å². The van der Waals surface area contributed by atoms with Crippen LogP contribution >= 0.6 is 11.3 Å². The van der Waals surface area contributed by atoms with Gasteiger partial charge in [-0.1, -0.05) is 43.4 Å². The average molecular weight is 485 g/mol. The number of aromatic nitrogens is 1. The minimum Gasteiger partial charge on any atom is -0.332 e. The van der Waals surface area contributed by atoms with Crippen LogP contribution in [0.1, 0.15) is 56.9 Å². The van der Waals surface area contributed by atoms with E-state index in [0.717, 1.165) is 30.6 Å². The first-order valence-corrected chi connectivity index (χ1v) is 12.1. The quantitative estimate of drug-likeness (QED) is 0.457. The minimum absolute atomic E-state index is 0.0766. The number of nitro groups is 1. The van der Waals surface area contributed by atoms with E-state index in [4.69, 9.17) is 0 Å². The summed E-state index contributed by atoms with van der Waals surface area (Å²) in [5.41, 5.74) is -2.82. The summed E-state index contributed by atoms with van der Waals surface area (Å²) in [6.45, 7) is 0.621. The molecule has 2 unspecified atom stereocenters. The lowest BCUT2D eigenvalue weighted by Gasteiger charge is -2.43. The molecule has 33 heavy (non-hydrogen) atoms. The minimum atomic E-state index is -4.80. The molecule has 1 saturated carbocycles. The van der Waals surface area contributed by atoms with Gasteiger partial charge in [0.15, 0.2) is 5.13 Å². The first-order chi connectivity index (χ1) is 15.7. The molecule has 2 aromatic rings. The number of piperidine rings is 1. The highest BCUT2D eigenvalue weighted by molar-refractivity contribution is 7.22. The molecule has 11 heteroatoms. The highest BCUT2D eigenvalue weighted by Gasteiger charge is 2.36. The van der Waals surface area contributed by atoms with Crippen molar-refractivity contribution in [1.29, 1.82) is 0 Å². The number of fused-ring (bicyclic) bond motifs is 1. The van der Waals surface area contributed by atoms with Crippen molar-refractivity contribution >= 4 is 32.2 Å². The fourth-order valence-electron chi connectivity index (χ4n) is 5.34. The molecule has 1 saturated heterocycles. The van der Waals surface area contributed by atoms with E-state index in [0.29, 0.717) is 35.6 Å². The number of nitro benzene ring substituents is 1. The molecule has 1 aliphatic carbocycles. The summed E-state index contributed by atoms with van der Waals surface area (Å²) in [5, 5.41) is 14.9. The second-order valence-electron chi connectivity index (χ2n) is 9.00. The number of non-ortho nitro benzene ring substituents is 1. The van der Waals surface area contributed by atoms with Gasteiger partial charge < -0.3 is 10.2 Å². The van der Waals surface area contributed by atoms with Crippen molar-refractivity contribution < 1.29 is 18.1 Å². The molecule has 1 aromatic carbocycles. The van der Waals surface area contributed by atoms with Crippen molar-refractivity contribution in [3.63, 3.8) is 0 Å². The lowest BCUT2D eigenvalue weighted by atomic mass is 9.79. The molecule has 7 nitrogen and oxygen atoms in total. The Kier molecular flexibility index (Phi) is 6.90. The summed E-state index contributed by atoms with van der Waals surface area (Å²) in [5.74, 6) is 1.01. The summed E-state index contributed by atoms with van der Waals surface area (Å²) in [7, 11) is 1.85. The molecule has 2 fully saturated rings. The van der Waals surface area contributed by atoms with Gasteiger partial charge in [-0.25, -0.2) is 0 Å². The Morgan fingerprint density at radius 1 is 1.21 bits per heavy atom. The van der Waals surface area contributed by atoms with E-state index in [1.807, 2.05) is 11.9 Å². The molecule has 0 bridgehead atoms. The molecule has 0 radical (unpaired) electrons. The van der Waals surface area contributed by atoms with Gasteiger partial charge in [-0.05, 0) is 44.2 Å². The smallest absolute Gasteiger partial charge is 0.332 e. The van der Waals surface area contributed by atoms with Gasteiger partial charge in [-0.2, -0.15) is 18.2 Å². The number of anilines is 1. The molecule has 0 spiro atoms. The summed E-state index contributed by atoms with van der Waals surface area (Å²) >= 11 is 0.915. The summed E-state index contributed by atoms with van der Waals surface area (Å²) in [6, 6.07) is 1.16. The third-order valence-corrected chi connectivity index (χ3v) is 8.01. The van der Waals surface area contributed by atoms with Gasteiger partial charge in [0.2, 0.25) is 0 Å². The number of benzene rings is 1. The third kappa shape index (κ3) is 4.98. The lowest BCUT2D eigenvalue weighted by Crippen LogP contribution is -2.53. The zero-order chi connectivity index (χ0) is 23.8. The Morgan fingerprint density at radius 2 is 1.94 bits per heavy atom. The van der Waals surface area contributed by atoms with Crippen LogP contribution in [0.5, 0.6) is 0 Å². The van der Waals surface area contributed by atoms with Gasteiger partial charge in [0, 0.05) is 12.6 Å². The second-order valence-corrected chi connectivity index (χ2v) is 9.97. The van der Waals surface area contributed by atoms with Crippen molar-refractivity contribution in [2.45, 2.75) is 63.7 Å². The Morgan fingerprint density at radius 3 is 2.58 bits per heavy atom. The van der Waals surface area contributed by atoms with Crippen molar-refractivity contribution in [2.75, 3.05) is 18.5 Å². The van der Waals surface area contributed by atoms with Crippen LogP contribution in [0.3, 0.4) is 0 Å². The number of alkyl halides is 3. The molecule has 4 rings (SSSR count). The van der Waals surface area contributed by atoms with Gasteiger partial charge in [0.1, 0.15) is 4.70 Å². The summed E-state index contributed by atoms with van der Waals surface area (Å²) in [6.07, 6.45) is 4.35. The summed E-state index contributed by atoms with van der Waals surface area (Å²) in [4.78, 5) is 29.5. The Hall–Kier alpha value is -2.27. The molecule has 1 aliphatic heterocycles. The van der Waals surface area contributed by atoms with Crippen molar-refractivity contribution in [3.05, 3.63) is 38.2 Å². The van der Waals surface area contributed by atoms with Gasteiger partial charge in [-0.15, -0.1) is 0 Å². The fraction of sp³-hybridized carbons (Fsp3) is 0.636. The zero-order valence-electron chi connectivity index (χ0n) is 18.4. The zero-order valence-corrected chi connectivity index (χ0v) is 19.2. The van der Waals surface area contributed by atoms with E-state index in [1.165, 1.54) is 32.1 Å². The number of nitrogens with one attached hydrogen (secondary N) is 1. The maximum atomic E-state index is 13.2. The Labute approximate surface area is 193 Å². The second kappa shape index (κ2) is 9.54. The van der Waals surface area contributed by atoms with E-state index >= 15 is 0 Å². The normalized spacial score (nSPS) is 22.6. The monoisotopic (exact) mass is 484 g/mol. The first kappa shape index (κ1) is 23.9.